The standard InChI is InChI=1S/C21H23N3O2/c1-13(2)14-5-8-16(9-6-14)22-20(25)15-7-10-18-17(12-15)23-21(26)19-4-3-11-24(18)19/h5-10,12-13,19H,3-4,11H2,1-2H3,(H,22,25)(H,23,26). The molecule has 0 bridgehead atoms. The second-order valence-corrected chi connectivity index (χ2v) is 7.30. The molecule has 134 valence electrons. The second-order valence-electron chi connectivity index (χ2n) is 7.30. The maximum atomic E-state index is 12.6. The first-order valence-electron chi connectivity index (χ1n) is 9.16. The van der Waals surface area contributed by atoms with Gasteiger partial charge in [-0.05, 0) is 54.7 Å². The minimum atomic E-state index is -0.178. The van der Waals surface area contributed by atoms with Crippen molar-refractivity contribution in [3.63, 3.8) is 0 Å². The van der Waals surface area contributed by atoms with E-state index in [9.17, 15) is 9.59 Å². The highest BCUT2D eigenvalue weighted by molar-refractivity contribution is 6.08. The summed E-state index contributed by atoms with van der Waals surface area (Å²) in [6, 6.07) is 13.3. The molecular formula is C21H23N3O2. The normalized spacial score (nSPS) is 18.3. The fourth-order valence-corrected chi connectivity index (χ4v) is 3.73. The molecule has 0 saturated carbocycles. The molecule has 0 aliphatic carbocycles. The van der Waals surface area contributed by atoms with Crippen LogP contribution < -0.4 is 15.5 Å². The molecule has 0 spiro atoms. The van der Waals surface area contributed by atoms with Crippen molar-refractivity contribution in [1.82, 2.24) is 0 Å². The third kappa shape index (κ3) is 2.94. The summed E-state index contributed by atoms with van der Waals surface area (Å²) >= 11 is 0. The van der Waals surface area contributed by atoms with Crippen molar-refractivity contribution in [1.29, 1.82) is 0 Å². The van der Waals surface area contributed by atoms with Gasteiger partial charge >= 0.3 is 0 Å². The topological polar surface area (TPSA) is 61.4 Å². The third-order valence-electron chi connectivity index (χ3n) is 5.22. The van der Waals surface area contributed by atoms with E-state index in [1.54, 1.807) is 6.07 Å². The molecular weight excluding hydrogens is 326 g/mol. The molecule has 1 unspecified atom stereocenters. The molecule has 0 aromatic heterocycles. The molecule has 5 heteroatoms. The van der Waals surface area contributed by atoms with E-state index in [2.05, 4.69) is 29.4 Å². The van der Waals surface area contributed by atoms with Crippen LogP contribution in [0, 0.1) is 0 Å². The number of anilines is 3. The number of amides is 2. The van der Waals surface area contributed by atoms with Crippen LogP contribution in [0.25, 0.3) is 0 Å². The van der Waals surface area contributed by atoms with Crippen LogP contribution in [-0.2, 0) is 4.79 Å². The molecule has 2 N–H and O–H groups in total. The zero-order valence-corrected chi connectivity index (χ0v) is 15.1. The molecule has 2 aromatic rings. The first-order valence-corrected chi connectivity index (χ1v) is 9.16. The maximum absolute atomic E-state index is 12.6. The van der Waals surface area contributed by atoms with Crippen molar-refractivity contribution >= 4 is 28.9 Å². The van der Waals surface area contributed by atoms with Crippen molar-refractivity contribution in [3.05, 3.63) is 53.6 Å². The Morgan fingerprint density at radius 3 is 2.69 bits per heavy atom. The van der Waals surface area contributed by atoms with Crippen molar-refractivity contribution in [2.75, 3.05) is 22.1 Å². The Morgan fingerprint density at radius 1 is 1.19 bits per heavy atom. The lowest BCUT2D eigenvalue weighted by Gasteiger charge is -2.33. The first-order chi connectivity index (χ1) is 12.5. The highest BCUT2D eigenvalue weighted by atomic mass is 16.2. The second kappa shape index (κ2) is 6.48. The van der Waals surface area contributed by atoms with Gasteiger partial charge in [0.05, 0.1) is 11.4 Å². The average Bonchev–Trinajstić information content (AvgIpc) is 3.12. The van der Waals surface area contributed by atoms with Crippen LogP contribution in [0.1, 0.15) is 48.5 Å². The number of nitrogens with zero attached hydrogens (tertiary/aromatic N) is 1. The Kier molecular flexibility index (Phi) is 4.15. The number of hydrogen-bond acceptors (Lipinski definition) is 3. The first kappa shape index (κ1) is 16.6. The molecule has 1 atom stereocenters. The molecule has 1 fully saturated rings. The van der Waals surface area contributed by atoms with Crippen molar-refractivity contribution in [3.8, 4) is 0 Å². The molecule has 5 nitrogen and oxygen atoms in total. The lowest BCUT2D eigenvalue weighted by atomic mass is 10.0. The van der Waals surface area contributed by atoms with E-state index in [1.807, 2.05) is 36.4 Å². The van der Waals surface area contributed by atoms with Crippen LogP contribution in [0.4, 0.5) is 17.1 Å². The Bertz CT molecular complexity index is 858. The van der Waals surface area contributed by atoms with Crippen molar-refractivity contribution in [2.45, 2.75) is 38.6 Å². The number of rotatable bonds is 3. The molecule has 2 aromatic carbocycles. The van der Waals surface area contributed by atoms with Crippen LogP contribution in [-0.4, -0.2) is 24.4 Å². The summed E-state index contributed by atoms with van der Waals surface area (Å²) in [6.07, 6.45) is 1.91. The van der Waals surface area contributed by atoms with Gasteiger partial charge in [-0.25, -0.2) is 0 Å². The molecule has 1 saturated heterocycles. The Balaban J connectivity index is 1.54. The van der Waals surface area contributed by atoms with E-state index in [1.165, 1.54) is 5.56 Å². The summed E-state index contributed by atoms with van der Waals surface area (Å²) in [5.74, 6) is 0.304. The average molecular weight is 349 g/mol. The summed E-state index contributed by atoms with van der Waals surface area (Å²) < 4.78 is 0. The Morgan fingerprint density at radius 2 is 1.96 bits per heavy atom. The molecule has 0 radical (unpaired) electrons. The third-order valence-corrected chi connectivity index (χ3v) is 5.22. The number of hydrogen-bond donors (Lipinski definition) is 2. The predicted molar refractivity (Wildman–Crippen MR) is 104 cm³/mol. The van der Waals surface area contributed by atoms with Gasteiger partial charge in [-0.1, -0.05) is 26.0 Å². The highest BCUT2D eigenvalue weighted by Crippen LogP contribution is 2.37. The number of nitrogens with one attached hydrogen (secondary N) is 2. The summed E-state index contributed by atoms with van der Waals surface area (Å²) in [5, 5.41) is 5.87. The van der Waals surface area contributed by atoms with Gasteiger partial charge in [0.25, 0.3) is 5.91 Å². The Hall–Kier alpha value is -2.82. The van der Waals surface area contributed by atoms with E-state index in [0.29, 0.717) is 11.5 Å². The highest BCUT2D eigenvalue weighted by Gasteiger charge is 2.36. The zero-order chi connectivity index (χ0) is 18.3. The monoisotopic (exact) mass is 349 g/mol. The fraction of sp³-hybridized carbons (Fsp3) is 0.333. The largest absolute Gasteiger partial charge is 0.358 e. The zero-order valence-electron chi connectivity index (χ0n) is 15.1. The lowest BCUT2D eigenvalue weighted by Crippen LogP contribution is -2.43. The molecule has 2 aliphatic rings. The van der Waals surface area contributed by atoms with Crippen LogP contribution in [0.5, 0.6) is 0 Å². The summed E-state index contributed by atoms with van der Waals surface area (Å²) in [4.78, 5) is 27.0. The van der Waals surface area contributed by atoms with E-state index in [0.717, 1.165) is 36.4 Å². The van der Waals surface area contributed by atoms with Crippen molar-refractivity contribution in [2.24, 2.45) is 0 Å². The lowest BCUT2D eigenvalue weighted by molar-refractivity contribution is -0.117. The summed E-state index contributed by atoms with van der Waals surface area (Å²) in [6.45, 7) is 5.17. The van der Waals surface area contributed by atoms with Gasteiger partial charge in [0.2, 0.25) is 5.91 Å². The van der Waals surface area contributed by atoms with E-state index < -0.39 is 0 Å². The molecule has 4 rings (SSSR count). The molecule has 2 amide bonds. The number of benzene rings is 2. The molecule has 2 heterocycles. The van der Waals surface area contributed by atoms with Crippen LogP contribution in [0.3, 0.4) is 0 Å². The van der Waals surface area contributed by atoms with Gasteiger partial charge in [-0.3, -0.25) is 9.59 Å². The maximum Gasteiger partial charge on any atom is 0.255 e. The summed E-state index contributed by atoms with van der Waals surface area (Å²) in [5.41, 5.74) is 4.26. The number of carbonyl (C=O) groups is 2. The molecule has 26 heavy (non-hydrogen) atoms. The Labute approximate surface area is 153 Å². The quantitative estimate of drug-likeness (QED) is 0.881. The van der Waals surface area contributed by atoms with Gasteiger partial charge in [0.15, 0.2) is 0 Å². The van der Waals surface area contributed by atoms with Gasteiger partial charge < -0.3 is 15.5 Å². The number of carbonyl (C=O) groups excluding carboxylic acids is 2. The number of fused-ring (bicyclic) bond motifs is 3. The van der Waals surface area contributed by atoms with Gasteiger partial charge in [0.1, 0.15) is 6.04 Å². The van der Waals surface area contributed by atoms with Crippen LogP contribution in [0.2, 0.25) is 0 Å². The van der Waals surface area contributed by atoms with Crippen LogP contribution >= 0.6 is 0 Å². The SMILES string of the molecule is CC(C)c1ccc(NC(=O)c2ccc3c(c2)NC(=O)C2CCCN32)cc1. The smallest absolute Gasteiger partial charge is 0.255 e. The minimum absolute atomic E-state index is 0.0248. The van der Waals surface area contributed by atoms with Crippen molar-refractivity contribution < 1.29 is 9.59 Å². The molecule has 2 aliphatic heterocycles. The van der Waals surface area contributed by atoms with E-state index in [4.69, 9.17) is 0 Å². The minimum Gasteiger partial charge on any atom is -0.358 e. The summed E-state index contributed by atoms with van der Waals surface area (Å²) in [7, 11) is 0. The predicted octanol–water partition coefficient (Wildman–Crippen LogP) is 3.98. The van der Waals surface area contributed by atoms with E-state index in [-0.39, 0.29) is 17.9 Å². The van der Waals surface area contributed by atoms with Gasteiger partial charge in [-0.15, -0.1) is 0 Å². The van der Waals surface area contributed by atoms with Crippen LogP contribution in [0.15, 0.2) is 42.5 Å². The van der Waals surface area contributed by atoms with Gasteiger partial charge in [0, 0.05) is 17.8 Å². The van der Waals surface area contributed by atoms with Gasteiger partial charge in [-0.2, -0.15) is 0 Å². The van der Waals surface area contributed by atoms with E-state index >= 15 is 0 Å². The fourth-order valence-electron chi connectivity index (χ4n) is 3.73.